The minimum absolute atomic E-state index is 0.0905. The molecule has 5 heteroatoms. The Balaban J connectivity index is 1.76. The first-order chi connectivity index (χ1) is 9.54. The first kappa shape index (κ1) is 15.4. The lowest BCUT2D eigenvalue weighted by Crippen LogP contribution is -3.12. The van der Waals surface area contributed by atoms with E-state index >= 15 is 0 Å². The number of benzene rings is 1. The number of hydrogen-bond acceptors (Lipinski definition) is 3. The molecule has 2 N–H and O–H groups in total. The van der Waals surface area contributed by atoms with Crippen LogP contribution in [0.25, 0.3) is 0 Å². The van der Waals surface area contributed by atoms with Gasteiger partial charge < -0.3 is 4.90 Å². The van der Waals surface area contributed by atoms with Crippen molar-refractivity contribution >= 4 is 17.7 Å². The number of aryl methyl sites for hydroxylation is 2. The zero-order valence-corrected chi connectivity index (χ0v) is 13.3. The maximum Gasteiger partial charge on any atom is 0.244 e. The van der Waals surface area contributed by atoms with Crippen molar-refractivity contribution in [3.8, 4) is 0 Å². The summed E-state index contributed by atoms with van der Waals surface area (Å²) >= 11 is 1.60. The lowest BCUT2D eigenvalue weighted by Gasteiger charge is -2.30. The lowest BCUT2D eigenvalue weighted by molar-refractivity contribution is -0.884. The Kier molecular flexibility index (Phi) is 5.46. The fourth-order valence-electron chi connectivity index (χ4n) is 2.16. The van der Waals surface area contributed by atoms with E-state index < -0.39 is 0 Å². The van der Waals surface area contributed by atoms with E-state index in [0.717, 1.165) is 31.1 Å². The molecule has 1 saturated heterocycles. The van der Waals surface area contributed by atoms with Gasteiger partial charge in [0.25, 0.3) is 0 Å². The van der Waals surface area contributed by atoms with Crippen molar-refractivity contribution in [1.29, 1.82) is 0 Å². The van der Waals surface area contributed by atoms with Crippen LogP contribution in [0.15, 0.2) is 23.1 Å². The topological polar surface area (TPSA) is 36.8 Å². The van der Waals surface area contributed by atoms with Crippen molar-refractivity contribution in [2.24, 2.45) is 0 Å². The monoisotopic (exact) mass is 294 g/mol. The molecule has 0 spiro atoms. The summed E-state index contributed by atoms with van der Waals surface area (Å²) in [5.74, 6) is 0.564. The number of quaternary nitrogens is 1. The predicted octanol–water partition coefficient (Wildman–Crippen LogP) is 0.257. The van der Waals surface area contributed by atoms with E-state index in [9.17, 15) is 4.79 Å². The first-order valence-electron chi connectivity index (χ1n) is 7.10. The maximum absolute atomic E-state index is 11.9. The van der Waals surface area contributed by atoms with Gasteiger partial charge in [-0.3, -0.25) is 10.2 Å². The SMILES string of the molecule is Cc1ccc(SCC(=O)NN2CC[NH+](C)CC2)cc1C. The van der Waals surface area contributed by atoms with Crippen LogP contribution in [0.3, 0.4) is 0 Å². The van der Waals surface area contributed by atoms with E-state index in [0.29, 0.717) is 5.75 Å². The Morgan fingerprint density at radius 1 is 1.30 bits per heavy atom. The van der Waals surface area contributed by atoms with Gasteiger partial charge in [0.2, 0.25) is 5.91 Å². The Labute approximate surface area is 125 Å². The van der Waals surface area contributed by atoms with E-state index in [1.54, 1.807) is 11.8 Å². The average molecular weight is 294 g/mol. The number of thioether (sulfide) groups is 1. The van der Waals surface area contributed by atoms with Gasteiger partial charge in [-0.05, 0) is 37.1 Å². The summed E-state index contributed by atoms with van der Waals surface area (Å²) in [6.07, 6.45) is 0. The van der Waals surface area contributed by atoms with Crippen LogP contribution in [0.1, 0.15) is 11.1 Å². The van der Waals surface area contributed by atoms with Crippen molar-refractivity contribution in [3.05, 3.63) is 29.3 Å². The molecule has 1 amide bonds. The Hall–Kier alpha value is -1.04. The summed E-state index contributed by atoms with van der Waals surface area (Å²) in [6.45, 7) is 8.25. The molecule has 1 fully saturated rings. The second kappa shape index (κ2) is 7.11. The Morgan fingerprint density at radius 3 is 2.65 bits per heavy atom. The minimum atomic E-state index is 0.0905. The van der Waals surface area contributed by atoms with E-state index in [4.69, 9.17) is 0 Å². The van der Waals surface area contributed by atoms with E-state index in [2.05, 4.69) is 44.5 Å². The van der Waals surface area contributed by atoms with Crippen LogP contribution in [0.2, 0.25) is 0 Å². The normalized spacial score (nSPS) is 17.1. The number of hydrazine groups is 1. The van der Waals surface area contributed by atoms with Crippen LogP contribution in [0.4, 0.5) is 0 Å². The van der Waals surface area contributed by atoms with Crippen LogP contribution in [0.5, 0.6) is 0 Å². The van der Waals surface area contributed by atoms with Crippen molar-refractivity contribution in [2.45, 2.75) is 18.7 Å². The highest BCUT2D eigenvalue weighted by Crippen LogP contribution is 2.20. The summed E-state index contributed by atoms with van der Waals surface area (Å²) in [7, 11) is 2.19. The molecule has 0 saturated carbocycles. The molecule has 0 aliphatic carbocycles. The summed E-state index contributed by atoms with van der Waals surface area (Å²) in [6, 6.07) is 6.34. The highest BCUT2D eigenvalue weighted by atomic mass is 32.2. The fraction of sp³-hybridized carbons (Fsp3) is 0.533. The molecule has 1 aliphatic heterocycles. The summed E-state index contributed by atoms with van der Waals surface area (Å²) < 4.78 is 0. The van der Waals surface area contributed by atoms with Gasteiger partial charge in [-0.25, -0.2) is 5.01 Å². The summed E-state index contributed by atoms with van der Waals surface area (Å²) in [4.78, 5) is 14.6. The van der Waals surface area contributed by atoms with Crippen molar-refractivity contribution in [2.75, 3.05) is 39.0 Å². The van der Waals surface area contributed by atoms with Gasteiger partial charge in [0, 0.05) is 4.90 Å². The van der Waals surface area contributed by atoms with Crippen molar-refractivity contribution < 1.29 is 9.69 Å². The fourth-order valence-corrected chi connectivity index (χ4v) is 2.95. The second-order valence-electron chi connectivity index (χ2n) is 5.51. The largest absolute Gasteiger partial charge is 0.335 e. The van der Waals surface area contributed by atoms with Gasteiger partial charge in [0.15, 0.2) is 0 Å². The molecular weight excluding hydrogens is 270 g/mol. The first-order valence-corrected chi connectivity index (χ1v) is 8.09. The Morgan fingerprint density at radius 2 is 2.00 bits per heavy atom. The third-order valence-electron chi connectivity index (χ3n) is 3.75. The standard InChI is InChI=1S/C15H23N3OS/c1-12-4-5-14(10-13(12)2)20-11-15(19)16-18-8-6-17(3)7-9-18/h4-5,10H,6-9,11H2,1-3H3,(H,16,19)/p+1. The molecule has 110 valence electrons. The molecule has 20 heavy (non-hydrogen) atoms. The highest BCUT2D eigenvalue weighted by molar-refractivity contribution is 8.00. The molecule has 0 aromatic heterocycles. The van der Waals surface area contributed by atoms with Crippen LogP contribution in [0, 0.1) is 13.8 Å². The van der Waals surface area contributed by atoms with Crippen molar-refractivity contribution in [1.82, 2.24) is 10.4 Å². The molecule has 0 unspecified atom stereocenters. The number of carbonyl (C=O) groups excluding carboxylic acids is 1. The smallest absolute Gasteiger partial charge is 0.244 e. The quantitative estimate of drug-likeness (QED) is 0.782. The lowest BCUT2D eigenvalue weighted by atomic mass is 10.1. The number of hydrogen-bond donors (Lipinski definition) is 2. The highest BCUT2D eigenvalue weighted by Gasteiger charge is 2.18. The van der Waals surface area contributed by atoms with E-state index in [1.807, 2.05) is 5.01 Å². The molecular formula is C15H24N3OS+. The van der Waals surface area contributed by atoms with E-state index in [-0.39, 0.29) is 5.91 Å². The molecule has 1 heterocycles. The molecule has 2 rings (SSSR count). The second-order valence-corrected chi connectivity index (χ2v) is 6.56. The maximum atomic E-state index is 11.9. The summed E-state index contributed by atoms with van der Waals surface area (Å²) in [5, 5.41) is 2.04. The molecule has 4 nitrogen and oxygen atoms in total. The molecule has 1 aromatic carbocycles. The number of piperazine rings is 1. The number of likely N-dealkylation sites (N-methyl/N-ethyl adjacent to an activating group) is 1. The van der Waals surface area contributed by atoms with Crippen LogP contribution in [-0.4, -0.2) is 49.9 Å². The number of amides is 1. The van der Waals surface area contributed by atoms with Gasteiger partial charge >= 0.3 is 0 Å². The molecule has 1 aliphatic rings. The number of rotatable bonds is 4. The number of nitrogens with zero attached hydrogens (tertiary/aromatic N) is 1. The minimum Gasteiger partial charge on any atom is -0.335 e. The molecule has 0 bridgehead atoms. The van der Waals surface area contributed by atoms with Gasteiger partial charge in [-0.15, -0.1) is 11.8 Å². The summed E-state index contributed by atoms with van der Waals surface area (Å²) in [5.41, 5.74) is 5.56. The third-order valence-corrected chi connectivity index (χ3v) is 4.74. The Bertz CT molecular complexity index is 470. The van der Waals surface area contributed by atoms with Gasteiger partial charge in [-0.1, -0.05) is 6.07 Å². The van der Waals surface area contributed by atoms with Crippen LogP contribution < -0.4 is 10.3 Å². The number of carbonyl (C=O) groups is 1. The average Bonchev–Trinajstić information content (AvgIpc) is 2.43. The van der Waals surface area contributed by atoms with Gasteiger partial charge in [0.05, 0.1) is 39.0 Å². The van der Waals surface area contributed by atoms with E-state index in [1.165, 1.54) is 16.0 Å². The zero-order chi connectivity index (χ0) is 14.5. The van der Waals surface area contributed by atoms with Crippen molar-refractivity contribution in [3.63, 3.8) is 0 Å². The zero-order valence-electron chi connectivity index (χ0n) is 12.5. The van der Waals surface area contributed by atoms with Crippen LogP contribution >= 0.6 is 11.8 Å². The number of nitrogens with one attached hydrogen (secondary N) is 2. The van der Waals surface area contributed by atoms with Gasteiger partial charge in [-0.2, -0.15) is 0 Å². The predicted molar refractivity (Wildman–Crippen MR) is 83.0 cm³/mol. The molecule has 0 radical (unpaired) electrons. The third kappa shape index (κ3) is 4.51. The van der Waals surface area contributed by atoms with Crippen LogP contribution in [-0.2, 0) is 4.79 Å². The van der Waals surface area contributed by atoms with Gasteiger partial charge in [0.1, 0.15) is 0 Å². The molecule has 1 aromatic rings. The molecule has 0 atom stereocenters.